The summed E-state index contributed by atoms with van der Waals surface area (Å²) >= 11 is 0. The molecule has 4 aromatic rings. The van der Waals surface area contributed by atoms with E-state index in [0.29, 0.717) is 28.5 Å². The highest BCUT2D eigenvalue weighted by molar-refractivity contribution is 6.00. The molecule has 1 aliphatic rings. The molecule has 0 saturated heterocycles. The molecule has 1 saturated carbocycles. The van der Waals surface area contributed by atoms with Gasteiger partial charge in [-0.2, -0.15) is 10.4 Å². The molecule has 39 heavy (non-hydrogen) atoms. The molecule has 202 valence electrons. The van der Waals surface area contributed by atoms with Crippen LogP contribution in [0.5, 0.6) is 0 Å². The molecule has 1 atom stereocenters. The van der Waals surface area contributed by atoms with E-state index in [1.807, 2.05) is 12.1 Å². The fraction of sp³-hybridized carbons (Fsp3) is 0.407. The third kappa shape index (κ3) is 5.73. The number of nitrogens with zero attached hydrogens (tertiary/aromatic N) is 6. The highest BCUT2D eigenvalue weighted by Crippen LogP contribution is 2.34. The van der Waals surface area contributed by atoms with Crippen molar-refractivity contribution in [2.24, 2.45) is 0 Å². The second-order valence-corrected chi connectivity index (χ2v) is 10.3. The van der Waals surface area contributed by atoms with Gasteiger partial charge in [-0.15, -0.1) is 10.2 Å². The van der Waals surface area contributed by atoms with Gasteiger partial charge in [-0.05, 0) is 63.8 Å². The Morgan fingerprint density at radius 2 is 2.08 bits per heavy atom. The van der Waals surface area contributed by atoms with Crippen LogP contribution in [0.15, 0.2) is 47.5 Å². The fourth-order valence-electron chi connectivity index (χ4n) is 4.74. The van der Waals surface area contributed by atoms with Crippen molar-refractivity contribution in [2.75, 3.05) is 11.9 Å². The van der Waals surface area contributed by atoms with Crippen LogP contribution in [0.2, 0.25) is 0 Å². The van der Waals surface area contributed by atoms with Gasteiger partial charge < -0.3 is 20.2 Å². The molecule has 5 rings (SSSR count). The second kappa shape index (κ2) is 10.8. The van der Waals surface area contributed by atoms with Crippen LogP contribution < -0.4 is 10.6 Å². The first kappa shape index (κ1) is 26.2. The maximum atomic E-state index is 14.3. The Kier molecular flexibility index (Phi) is 7.26. The lowest BCUT2D eigenvalue weighted by Crippen LogP contribution is -2.42. The molecule has 4 heterocycles. The Labute approximate surface area is 224 Å². The number of anilines is 1. The van der Waals surface area contributed by atoms with Gasteiger partial charge in [0.15, 0.2) is 0 Å². The van der Waals surface area contributed by atoms with Gasteiger partial charge >= 0.3 is 0 Å². The lowest BCUT2D eigenvalue weighted by molar-refractivity contribution is -0.00177. The summed E-state index contributed by atoms with van der Waals surface area (Å²) in [5.74, 6) is 0.334. The summed E-state index contributed by atoms with van der Waals surface area (Å²) in [4.78, 5) is 17.6. The largest absolute Gasteiger partial charge is 0.428 e. The van der Waals surface area contributed by atoms with Crippen molar-refractivity contribution in [1.82, 2.24) is 30.1 Å². The lowest BCUT2D eigenvalue weighted by Gasteiger charge is -2.29. The standard InChI is InChI=1S/C27H29FN8O3/c1-27(2,38)24(28)14-31-25(37)20-13-30-22(23-8-7-19-9-16(11-29)12-33-36(19)23)10-21(20)34-18-5-3-17(4-6-18)26-35-32-15-39-26/h7-10,12-13,15,17-18,24,38H,3-6,14H2,1-2H3,(H,30,34)(H,31,37)/t17-,18-,24-/m1/s1. The molecule has 1 fully saturated rings. The summed E-state index contributed by atoms with van der Waals surface area (Å²) in [6.45, 7) is 2.37. The summed E-state index contributed by atoms with van der Waals surface area (Å²) in [6.07, 6.45) is 5.98. The van der Waals surface area contributed by atoms with Crippen LogP contribution in [0.25, 0.3) is 16.9 Å². The first-order valence-electron chi connectivity index (χ1n) is 12.8. The highest BCUT2D eigenvalue weighted by atomic mass is 19.1. The molecule has 12 heteroatoms. The first-order chi connectivity index (χ1) is 18.7. The van der Waals surface area contributed by atoms with Gasteiger partial charge in [-0.3, -0.25) is 9.78 Å². The SMILES string of the molecule is CC(C)(O)[C@H](F)CNC(=O)c1cnc(-c2ccc3cc(C#N)cnn23)cc1N[C@H]1CC[C@H](c2nnco2)CC1. The summed E-state index contributed by atoms with van der Waals surface area (Å²) in [6, 6.07) is 9.37. The van der Waals surface area contributed by atoms with Crippen LogP contribution in [0.3, 0.4) is 0 Å². The van der Waals surface area contributed by atoms with Gasteiger partial charge in [0.2, 0.25) is 12.3 Å². The minimum Gasteiger partial charge on any atom is -0.428 e. The number of aliphatic hydroxyl groups is 1. The molecule has 1 aliphatic carbocycles. The second-order valence-electron chi connectivity index (χ2n) is 10.3. The van der Waals surface area contributed by atoms with Crippen molar-refractivity contribution in [3.05, 3.63) is 60.1 Å². The van der Waals surface area contributed by atoms with Crippen LogP contribution in [-0.4, -0.2) is 60.2 Å². The topological polar surface area (TPSA) is 154 Å². The zero-order chi connectivity index (χ0) is 27.6. The van der Waals surface area contributed by atoms with Crippen molar-refractivity contribution >= 4 is 17.1 Å². The van der Waals surface area contributed by atoms with Crippen molar-refractivity contribution in [3.8, 4) is 17.5 Å². The molecule has 11 nitrogen and oxygen atoms in total. The van der Waals surface area contributed by atoms with Crippen molar-refractivity contribution in [2.45, 2.75) is 63.3 Å². The first-order valence-corrected chi connectivity index (χ1v) is 12.8. The molecule has 0 bridgehead atoms. The zero-order valence-corrected chi connectivity index (χ0v) is 21.6. The number of carbonyl (C=O) groups excluding carboxylic acids is 1. The average molecular weight is 533 g/mol. The number of nitriles is 1. The number of hydrogen-bond donors (Lipinski definition) is 3. The Hall–Kier alpha value is -4.37. The maximum Gasteiger partial charge on any atom is 0.255 e. The number of pyridine rings is 1. The van der Waals surface area contributed by atoms with E-state index in [0.717, 1.165) is 31.2 Å². The quantitative estimate of drug-likeness (QED) is 0.309. The lowest BCUT2D eigenvalue weighted by atomic mass is 9.86. The van der Waals surface area contributed by atoms with Gasteiger partial charge in [-0.25, -0.2) is 8.91 Å². The number of halogens is 1. The van der Waals surface area contributed by atoms with Gasteiger partial charge in [0.05, 0.1) is 52.1 Å². The Morgan fingerprint density at radius 1 is 1.28 bits per heavy atom. The summed E-state index contributed by atoms with van der Waals surface area (Å²) in [7, 11) is 0. The minimum atomic E-state index is -1.64. The number of nitrogens with one attached hydrogen (secondary N) is 2. The molecular formula is C27H29FN8O3. The summed E-state index contributed by atoms with van der Waals surface area (Å²) < 4.78 is 21.4. The van der Waals surface area contributed by atoms with E-state index in [1.165, 1.54) is 32.6 Å². The van der Waals surface area contributed by atoms with Gasteiger partial charge in [0, 0.05) is 18.2 Å². The van der Waals surface area contributed by atoms with Gasteiger partial charge in [0.25, 0.3) is 5.91 Å². The molecule has 0 unspecified atom stereocenters. The van der Waals surface area contributed by atoms with E-state index in [4.69, 9.17) is 4.42 Å². The van der Waals surface area contributed by atoms with Crippen LogP contribution in [0.4, 0.5) is 10.1 Å². The average Bonchev–Trinajstić information content (AvgIpc) is 3.61. The van der Waals surface area contributed by atoms with E-state index in [-0.39, 0.29) is 24.1 Å². The monoisotopic (exact) mass is 532 g/mol. The Morgan fingerprint density at radius 3 is 2.77 bits per heavy atom. The highest BCUT2D eigenvalue weighted by Gasteiger charge is 2.29. The summed E-state index contributed by atoms with van der Waals surface area (Å²) in [5.41, 5.74) is 1.69. The van der Waals surface area contributed by atoms with Gasteiger partial charge in [0.1, 0.15) is 12.2 Å². The molecule has 4 aromatic heterocycles. The van der Waals surface area contributed by atoms with E-state index < -0.39 is 17.7 Å². The number of carbonyl (C=O) groups is 1. The van der Waals surface area contributed by atoms with Crippen LogP contribution in [0, 0.1) is 11.3 Å². The predicted molar refractivity (Wildman–Crippen MR) is 140 cm³/mol. The van der Waals surface area contributed by atoms with E-state index in [2.05, 4.69) is 37.0 Å². The number of hydrogen-bond acceptors (Lipinski definition) is 9. The van der Waals surface area contributed by atoms with Crippen LogP contribution >= 0.6 is 0 Å². The smallest absolute Gasteiger partial charge is 0.255 e. The third-order valence-electron chi connectivity index (χ3n) is 7.06. The van der Waals surface area contributed by atoms with E-state index in [1.54, 1.807) is 16.6 Å². The normalized spacial score (nSPS) is 18.4. The Bertz CT molecular complexity index is 1500. The van der Waals surface area contributed by atoms with E-state index >= 15 is 0 Å². The van der Waals surface area contributed by atoms with Crippen molar-refractivity contribution < 1.29 is 18.7 Å². The molecule has 0 aliphatic heterocycles. The number of alkyl halides is 1. The number of rotatable bonds is 8. The zero-order valence-electron chi connectivity index (χ0n) is 21.6. The number of amides is 1. The maximum absolute atomic E-state index is 14.3. The third-order valence-corrected chi connectivity index (χ3v) is 7.06. The van der Waals surface area contributed by atoms with Gasteiger partial charge in [-0.1, -0.05) is 0 Å². The molecule has 0 radical (unpaired) electrons. The minimum absolute atomic E-state index is 0.0802. The molecule has 0 spiro atoms. The summed E-state index contributed by atoms with van der Waals surface area (Å²) in [5, 5.41) is 37.3. The number of aromatic nitrogens is 5. The molecule has 0 aromatic carbocycles. The molecule has 1 amide bonds. The number of fused-ring (bicyclic) bond motifs is 1. The van der Waals surface area contributed by atoms with Crippen molar-refractivity contribution in [1.29, 1.82) is 5.26 Å². The van der Waals surface area contributed by atoms with Crippen LogP contribution in [-0.2, 0) is 0 Å². The van der Waals surface area contributed by atoms with Crippen molar-refractivity contribution in [3.63, 3.8) is 0 Å². The molecular weight excluding hydrogens is 503 g/mol. The van der Waals surface area contributed by atoms with Crippen LogP contribution in [0.1, 0.15) is 67.3 Å². The Balaban J connectivity index is 1.41. The van der Waals surface area contributed by atoms with E-state index in [9.17, 15) is 19.6 Å². The fourth-order valence-corrected chi connectivity index (χ4v) is 4.74. The predicted octanol–water partition coefficient (Wildman–Crippen LogP) is 3.63. The molecule has 3 N–H and O–H groups in total.